The highest BCUT2D eigenvalue weighted by molar-refractivity contribution is 9.09. The van der Waals surface area contributed by atoms with Gasteiger partial charge in [0.1, 0.15) is 5.60 Å². The summed E-state index contributed by atoms with van der Waals surface area (Å²) >= 11 is 2.95. The van der Waals surface area contributed by atoms with E-state index in [4.69, 9.17) is 4.74 Å². The van der Waals surface area contributed by atoms with Crippen LogP contribution in [0.3, 0.4) is 0 Å². The molecule has 0 saturated carbocycles. The second-order valence-corrected chi connectivity index (χ2v) is 7.22. The fourth-order valence-electron chi connectivity index (χ4n) is 1.85. The first-order chi connectivity index (χ1) is 10.1. The van der Waals surface area contributed by atoms with Gasteiger partial charge in [-0.25, -0.2) is 4.79 Å². The van der Waals surface area contributed by atoms with Gasteiger partial charge in [0.2, 0.25) is 6.10 Å². The Morgan fingerprint density at radius 3 is 1.96 bits per heavy atom. The van der Waals surface area contributed by atoms with Crippen molar-refractivity contribution in [1.29, 1.82) is 0 Å². The van der Waals surface area contributed by atoms with E-state index in [1.165, 1.54) is 0 Å². The number of nitrogens with zero attached hydrogens (tertiary/aromatic N) is 1. The average molecular weight is 416 g/mol. The molecular formula is C12H16BrF6NO3. The number of amides is 1. The molecule has 11 heteroatoms. The van der Waals surface area contributed by atoms with Crippen molar-refractivity contribution in [3.63, 3.8) is 0 Å². The smallest absolute Gasteiger partial charge is 0.423 e. The molecule has 4 nitrogen and oxygen atoms in total. The quantitative estimate of drug-likeness (QED) is 0.507. The van der Waals surface area contributed by atoms with Gasteiger partial charge in [0.15, 0.2) is 0 Å². The molecule has 1 rings (SSSR count). The van der Waals surface area contributed by atoms with Gasteiger partial charge in [-0.3, -0.25) is 0 Å². The van der Waals surface area contributed by atoms with Crippen molar-refractivity contribution in [1.82, 2.24) is 4.90 Å². The molecule has 0 aromatic rings. The van der Waals surface area contributed by atoms with Gasteiger partial charge in [-0.15, -0.1) is 0 Å². The van der Waals surface area contributed by atoms with Gasteiger partial charge in [-0.1, -0.05) is 15.9 Å². The number of alkyl halides is 7. The van der Waals surface area contributed by atoms with Crippen LogP contribution in [0.1, 0.15) is 20.8 Å². The highest BCUT2D eigenvalue weighted by atomic mass is 79.9. The first-order valence-electron chi connectivity index (χ1n) is 6.52. The molecule has 0 aliphatic carbocycles. The largest absolute Gasteiger partial charge is 0.444 e. The molecule has 0 spiro atoms. The van der Waals surface area contributed by atoms with E-state index in [9.17, 15) is 31.1 Å². The van der Waals surface area contributed by atoms with Crippen LogP contribution in [-0.4, -0.2) is 59.1 Å². The number of likely N-dealkylation sites (tertiary alicyclic amines) is 1. The summed E-state index contributed by atoms with van der Waals surface area (Å²) < 4.78 is 84.3. The van der Waals surface area contributed by atoms with Gasteiger partial charge in [-0.2, -0.15) is 26.3 Å². The minimum absolute atomic E-state index is 0.123. The lowest BCUT2D eigenvalue weighted by Crippen LogP contribution is -2.48. The van der Waals surface area contributed by atoms with E-state index in [-0.39, 0.29) is 6.54 Å². The third-order valence-electron chi connectivity index (χ3n) is 2.76. The van der Waals surface area contributed by atoms with E-state index in [1.54, 1.807) is 20.8 Å². The van der Waals surface area contributed by atoms with E-state index in [2.05, 4.69) is 20.7 Å². The molecule has 1 aliphatic rings. The summed E-state index contributed by atoms with van der Waals surface area (Å²) in [4.78, 5) is 11.9. The summed E-state index contributed by atoms with van der Waals surface area (Å²) in [7, 11) is 0. The van der Waals surface area contributed by atoms with E-state index < -0.39 is 47.6 Å². The number of carbonyl (C=O) groups excluding carboxylic acids is 1. The topological polar surface area (TPSA) is 38.8 Å². The minimum Gasteiger partial charge on any atom is -0.444 e. The summed E-state index contributed by atoms with van der Waals surface area (Å²) in [5.74, 6) is 0. The first-order valence-corrected chi connectivity index (χ1v) is 7.43. The van der Waals surface area contributed by atoms with Crippen LogP contribution in [0, 0.1) is 0 Å². The van der Waals surface area contributed by atoms with Crippen molar-refractivity contribution in [2.75, 3.05) is 13.1 Å². The van der Waals surface area contributed by atoms with Crippen molar-refractivity contribution >= 4 is 22.0 Å². The molecule has 1 heterocycles. The highest BCUT2D eigenvalue weighted by Crippen LogP contribution is 2.38. The summed E-state index contributed by atoms with van der Waals surface area (Å²) in [5.41, 5.74) is -0.835. The number of halogens is 7. The van der Waals surface area contributed by atoms with E-state index in [0.717, 1.165) is 4.90 Å². The van der Waals surface area contributed by atoms with E-state index in [0.29, 0.717) is 0 Å². The van der Waals surface area contributed by atoms with Crippen molar-refractivity contribution in [2.24, 2.45) is 0 Å². The van der Waals surface area contributed by atoms with Crippen molar-refractivity contribution < 1.29 is 40.6 Å². The maximum atomic E-state index is 12.5. The van der Waals surface area contributed by atoms with E-state index >= 15 is 0 Å². The minimum atomic E-state index is -5.59. The zero-order chi connectivity index (χ0) is 18.2. The van der Waals surface area contributed by atoms with Crippen molar-refractivity contribution in [3.05, 3.63) is 0 Å². The molecule has 0 aromatic heterocycles. The molecular weight excluding hydrogens is 400 g/mol. The summed E-state index contributed by atoms with van der Waals surface area (Å²) in [6, 6.07) is 0. The van der Waals surface area contributed by atoms with Crippen LogP contribution in [-0.2, 0) is 9.47 Å². The van der Waals surface area contributed by atoms with Crippen molar-refractivity contribution in [3.8, 4) is 0 Å². The van der Waals surface area contributed by atoms with Gasteiger partial charge in [0.25, 0.3) is 0 Å². The Hall–Kier alpha value is -0.710. The molecule has 136 valence electrons. The molecule has 2 unspecified atom stereocenters. The monoisotopic (exact) mass is 415 g/mol. The third kappa shape index (κ3) is 6.02. The molecule has 0 radical (unpaired) electrons. The number of hydrogen-bond donors (Lipinski definition) is 0. The lowest BCUT2D eigenvalue weighted by Gasteiger charge is -2.27. The summed E-state index contributed by atoms with van der Waals surface area (Å²) in [5, 5.41) is 0. The van der Waals surface area contributed by atoms with E-state index in [1.807, 2.05) is 0 Å². The Kier molecular flexibility index (Phi) is 5.88. The molecule has 1 fully saturated rings. The number of ether oxygens (including phenoxy) is 2. The van der Waals surface area contributed by atoms with Gasteiger partial charge in [0.05, 0.1) is 17.5 Å². The fourth-order valence-corrected chi connectivity index (χ4v) is 2.49. The number of rotatable bonds is 2. The molecule has 0 bridgehead atoms. The lowest BCUT2D eigenvalue weighted by atomic mass is 10.2. The molecule has 0 N–H and O–H groups in total. The Labute approximate surface area is 137 Å². The van der Waals surface area contributed by atoms with Gasteiger partial charge < -0.3 is 14.4 Å². The SMILES string of the molecule is CC(C)(C)OC(=O)N1CC(Br)C(OC(C(F)(F)F)C(F)(F)F)C1. The standard InChI is InChI=1S/C12H16BrF6NO3/c1-10(2,3)23-9(21)20-4-6(13)7(5-20)22-8(11(14,15)16)12(17,18)19/h6-8H,4-5H2,1-3H3. The normalized spacial score (nSPS) is 23.5. The Morgan fingerprint density at radius 2 is 1.57 bits per heavy atom. The second kappa shape index (κ2) is 6.66. The third-order valence-corrected chi connectivity index (χ3v) is 3.63. The molecule has 1 saturated heterocycles. The maximum absolute atomic E-state index is 12.5. The van der Waals surface area contributed by atoms with Crippen molar-refractivity contribution in [2.45, 2.75) is 55.8 Å². The first kappa shape index (κ1) is 20.3. The van der Waals surface area contributed by atoms with Crippen LogP contribution in [0.4, 0.5) is 31.1 Å². The summed E-state index contributed by atoms with van der Waals surface area (Å²) in [6.45, 7) is 4.20. The van der Waals surface area contributed by atoms with Crippen LogP contribution in [0.2, 0.25) is 0 Å². The van der Waals surface area contributed by atoms with Crippen LogP contribution in [0.5, 0.6) is 0 Å². The number of carbonyl (C=O) groups is 1. The molecule has 23 heavy (non-hydrogen) atoms. The van der Waals surface area contributed by atoms with Crippen LogP contribution in [0.25, 0.3) is 0 Å². The predicted octanol–water partition coefficient (Wildman–Crippen LogP) is 3.88. The van der Waals surface area contributed by atoms with Gasteiger partial charge in [0, 0.05) is 6.54 Å². The zero-order valence-corrected chi connectivity index (χ0v) is 14.0. The average Bonchev–Trinajstić information content (AvgIpc) is 2.62. The molecule has 1 aliphatic heterocycles. The van der Waals surface area contributed by atoms with Gasteiger partial charge >= 0.3 is 18.4 Å². The second-order valence-electron chi connectivity index (χ2n) is 6.04. The molecule has 1 amide bonds. The molecule has 0 aromatic carbocycles. The fraction of sp³-hybridized carbons (Fsp3) is 0.917. The van der Waals surface area contributed by atoms with Crippen LogP contribution in [0.15, 0.2) is 0 Å². The number of hydrogen-bond acceptors (Lipinski definition) is 3. The predicted molar refractivity (Wildman–Crippen MR) is 71.3 cm³/mol. The Balaban J connectivity index is 2.77. The summed E-state index contributed by atoms with van der Waals surface area (Å²) in [6.07, 6.45) is -17.4. The Morgan fingerprint density at radius 1 is 1.09 bits per heavy atom. The van der Waals surface area contributed by atoms with Crippen LogP contribution < -0.4 is 0 Å². The zero-order valence-electron chi connectivity index (χ0n) is 12.5. The Bertz CT molecular complexity index is 420. The highest BCUT2D eigenvalue weighted by Gasteiger charge is 2.59. The lowest BCUT2D eigenvalue weighted by molar-refractivity contribution is -0.329. The van der Waals surface area contributed by atoms with Crippen LogP contribution >= 0.6 is 15.9 Å². The molecule has 2 atom stereocenters. The van der Waals surface area contributed by atoms with Gasteiger partial charge in [-0.05, 0) is 20.8 Å². The maximum Gasteiger partial charge on any atom is 0.423 e.